The van der Waals surface area contributed by atoms with E-state index in [1.54, 1.807) is 0 Å². The predicted molar refractivity (Wildman–Crippen MR) is 79.0 cm³/mol. The van der Waals surface area contributed by atoms with Gasteiger partial charge in [0.2, 0.25) is 0 Å². The standard InChI is InChI=1S/C14H19ClN2O3/c1-8(2)13(9(3)4)16-14(18)10-5-6-11(15)12(7-10)17(19)20/h5-9,13H,1-4H3,(H,16,18). The Bertz CT molecular complexity index is 507. The van der Waals surface area contributed by atoms with E-state index in [1.807, 2.05) is 27.7 Å². The molecule has 6 heteroatoms. The molecule has 110 valence electrons. The van der Waals surface area contributed by atoms with Crippen LogP contribution in [0.3, 0.4) is 0 Å². The van der Waals surface area contributed by atoms with Crippen LogP contribution < -0.4 is 5.32 Å². The van der Waals surface area contributed by atoms with Crippen molar-refractivity contribution in [3.05, 3.63) is 38.9 Å². The quantitative estimate of drug-likeness (QED) is 0.666. The van der Waals surface area contributed by atoms with E-state index < -0.39 is 4.92 Å². The van der Waals surface area contributed by atoms with Gasteiger partial charge in [0, 0.05) is 17.7 Å². The summed E-state index contributed by atoms with van der Waals surface area (Å²) in [6, 6.07) is 4.07. The number of carbonyl (C=O) groups excluding carboxylic acids is 1. The van der Waals surface area contributed by atoms with E-state index in [-0.39, 0.29) is 40.1 Å². The molecule has 0 unspecified atom stereocenters. The molecule has 0 saturated carbocycles. The lowest BCUT2D eigenvalue weighted by Crippen LogP contribution is -2.42. The van der Waals surface area contributed by atoms with Crippen molar-refractivity contribution >= 4 is 23.2 Å². The number of hydrogen-bond donors (Lipinski definition) is 1. The number of rotatable bonds is 5. The minimum atomic E-state index is -0.596. The van der Waals surface area contributed by atoms with E-state index in [9.17, 15) is 14.9 Å². The van der Waals surface area contributed by atoms with Crippen LogP contribution in [0.5, 0.6) is 0 Å². The molecule has 1 aromatic carbocycles. The van der Waals surface area contributed by atoms with Crippen LogP contribution in [-0.4, -0.2) is 16.9 Å². The summed E-state index contributed by atoms with van der Waals surface area (Å²) < 4.78 is 0. The Morgan fingerprint density at radius 1 is 1.25 bits per heavy atom. The molecule has 20 heavy (non-hydrogen) atoms. The summed E-state index contributed by atoms with van der Waals surface area (Å²) in [6.07, 6.45) is 0. The number of amides is 1. The molecule has 1 N–H and O–H groups in total. The number of nitro groups is 1. The zero-order valence-electron chi connectivity index (χ0n) is 12.0. The maximum atomic E-state index is 12.2. The molecule has 0 aliphatic heterocycles. The van der Waals surface area contributed by atoms with Gasteiger partial charge in [-0.1, -0.05) is 39.3 Å². The molecule has 0 atom stereocenters. The summed E-state index contributed by atoms with van der Waals surface area (Å²) in [5, 5.41) is 13.8. The number of hydrogen-bond acceptors (Lipinski definition) is 3. The van der Waals surface area contributed by atoms with Crippen LogP contribution in [0.2, 0.25) is 5.02 Å². The van der Waals surface area contributed by atoms with E-state index in [1.165, 1.54) is 18.2 Å². The van der Waals surface area contributed by atoms with Crippen LogP contribution in [0.4, 0.5) is 5.69 Å². The Kier molecular flexibility index (Phi) is 5.51. The first-order valence-corrected chi connectivity index (χ1v) is 6.86. The first-order chi connectivity index (χ1) is 9.23. The van der Waals surface area contributed by atoms with E-state index in [0.717, 1.165) is 0 Å². The summed E-state index contributed by atoms with van der Waals surface area (Å²) >= 11 is 5.73. The van der Waals surface area contributed by atoms with Crippen molar-refractivity contribution in [3.8, 4) is 0 Å². The van der Waals surface area contributed by atoms with Gasteiger partial charge in [-0.25, -0.2) is 0 Å². The molecule has 5 nitrogen and oxygen atoms in total. The van der Waals surface area contributed by atoms with E-state index in [4.69, 9.17) is 11.6 Å². The minimum absolute atomic E-state index is 0.0113. The summed E-state index contributed by atoms with van der Waals surface area (Å²) in [4.78, 5) is 22.4. The fourth-order valence-corrected chi connectivity index (χ4v) is 2.32. The Hall–Kier alpha value is -1.62. The maximum absolute atomic E-state index is 12.2. The molecule has 1 aromatic rings. The normalized spacial score (nSPS) is 11.2. The van der Waals surface area contributed by atoms with Crippen LogP contribution >= 0.6 is 11.6 Å². The molecule has 0 aromatic heterocycles. The van der Waals surface area contributed by atoms with Crippen LogP contribution in [0, 0.1) is 22.0 Å². The second-order valence-corrected chi connectivity index (χ2v) is 5.82. The molecule has 0 radical (unpaired) electrons. The lowest BCUT2D eigenvalue weighted by atomic mass is 9.93. The van der Waals surface area contributed by atoms with Gasteiger partial charge in [-0.15, -0.1) is 0 Å². The van der Waals surface area contributed by atoms with Crippen molar-refractivity contribution in [2.45, 2.75) is 33.7 Å². The topological polar surface area (TPSA) is 72.2 Å². The van der Waals surface area contributed by atoms with Gasteiger partial charge >= 0.3 is 0 Å². The van der Waals surface area contributed by atoms with Crippen molar-refractivity contribution in [2.24, 2.45) is 11.8 Å². The zero-order valence-corrected chi connectivity index (χ0v) is 12.8. The molecule has 1 amide bonds. The number of nitrogens with one attached hydrogen (secondary N) is 1. The summed E-state index contributed by atoms with van der Waals surface area (Å²) in [5.41, 5.74) is -0.0163. The third-order valence-corrected chi connectivity index (χ3v) is 3.46. The van der Waals surface area contributed by atoms with Gasteiger partial charge in [-0.2, -0.15) is 0 Å². The second kappa shape index (κ2) is 6.70. The highest BCUT2D eigenvalue weighted by Crippen LogP contribution is 2.25. The number of nitrogens with zero attached hydrogens (tertiary/aromatic N) is 1. The molecule has 1 rings (SSSR count). The van der Waals surface area contributed by atoms with Gasteiger partial charge < -0.3 is 5.32 Å². The number of benzene rings is 1. The molecular weight excluding hydrogens is 280 g/mol. The monoisotopic (exact) mass is 298 g/mol. The first kappa shape index (κ1) is 16.4. The van der Waals surface area contributed by atoms with Crippen LogP contribution in [-0.2, 0) is 0 Å². The number of nitro benzene ring substituents is 1. The summed E-state index contributed by atoms with van der Waals surface area (Å²) in [7, 11) is 0. The lowest BCUT2D eigenvalue weighted by Gasteiger charge is -2.26. The Balaban J connectivity index is 2.98. The van der Waals surface area contributed by atoms with E-state index in [0.29, 0.717) is 0 Å². The van der Waals surface area contributed by atoms with Crippen LogP contribution in [0.15, 0.2) is 18.2 Å². The Labute approximate surface area is 123 Å². The third kappa shape index (κ3) is 3.93. The first-order valence-electron chi connectivity index (χ1n) is 6.48. The fourth-order valence-electron chi connectivity index (χ4n) is 2.13. The SMILES string of the molecule is CC(C)C(NC(=O)c1ccc(Cl)c([N+](=O)[O-])c1)C(C)C. The van der Waals surface area contributed by atoms with Gasteiger partial charge in [-0.05, 0) is 24.0 Å². The zero-order chi connectivity index (χ0) is 15.4. The third-order valence-electron chi connectivity index (χ3n) is 3.14. The molecule has 0 spiro atoms. The molecule has 0 bridgehead atoms. The van der Waals surface area contributed by atoms with Crippen LogP contribution in [0.1, 0.15) is 38.1 Å². The fraction of sp³-hybridized carbons (Fsp3) is 0.500. The Morgan fingerprint density at radius 2 is 1.80 bits per heavy atom. The largest absolute Gasteiger partial charge is 0.349 e. The molecule has 0 fully saturated rings. The molecule has 0 heterocycles. The van der Waals surface area contributed by atoms with Crippen molar-refractivity contribution < 1.29 is 9.72 Å². The van der Waals surface area contributed by atoms with Crippen molar-refractivity contribution in [1.29, 1.82) is 0 Å². The van der Waals surface area contributed by atoms with Gasteiger partial charge in [-0.3, -0.25) is 14.9 Å². The number of carbonyl (C=O) groups is 1. The summed E-state index contributed by atoms with van der Waals surface area (Å²) in [5.74, 6) is 0.236. The van der Waals surface area contributed by atoms with Crippen molar-refractivity contribution in [1.82, 2.24) is 5.32 Å². The highest BCUT2D eigenvalue weighted by molar-refractivity contribution is 6.32. The van der Waals surface area contributed by atoms with Crippen molar-refractivity contribution in [3.63, 3.8) is 0 Å². The number of halogens is 1. The highest BCUT2D eigenvalue weighted by Gasteiger charge is 2.22. The summed E-state index contributed by atoms with van der Waals surface area (Å²) in [6.45, 7) is 8.09. The maximum Gasteiger partial charge on any atom is 0.288 e. The molecule has 0 aliphatic rings. The van der Waals surface area contributed by atoms with Crippen molar-refractivity contribution in [2.75, 3.05) is 0 Å². The minimum Gasteiger partial charge on any atom is -0.349 e. The highest BCUT2D eigenvalue weighted by atomic mass is 35.5. The average Bonchev–Trinajstić information content (AvgIpc) is 2.34. The smallest absolute Gasteiger partial charge is 0.288 e. The van der Waals surface area contributed by atoms with E-state index in [2.05, 4.69) is 5.32 Å². The Morgan fingerprint density at radius 3 is 2.25 bits per heavy atom. The average molecular weight is 299 g/mol. The van der Waals surface area contributed by atoms with E-state index >= 15 is 0 Å². The van der Waals surface area contributed by atoms with Gasteiger partial charge in [0.25, 0.3) is 11.6 Å². The van der Waals surface area contributed by atoms with Gasteiger partial charge in [0.15, 0.2) is 0 Å². The predicted octanol–water partition coefficient (Wildman–Crippen LogP) is 3.66. The van der Waals surface area contributed by atoms with Gasteiger partial charge in [0.05, 0.1) is 4.92 Å². The van der Waals surface area contributed by atoms with Crippen LogP contribution in [0.25, 0.3) is 0 Å². The molecular formula is C14H19ClN2O3. The van der Waals surface area contributed by atoms with Gasteiger partial charge in [0.1, 0.15) is 5.02 Å². The molecule has 0 saturated heterocycles. The second-order valence-electron chi connectivity index (χ2n) is 5.41. The molecule has 0 aliphatic carbocycles. The lowest BCUT2D eigenvalue weighted by molar-refractivity contribution is -0.384.